The predicted molar refractivity (Wildman–Crippen MR) is 86.3 cm³/mol. The van der Waals surface area contributed by atoms with E-state index in [0.717, 1.165) is 34.1 Å². The van der Waals surface area contributed by atoms with Crippen LogP contribution in [0.2, 0.25) is 0 Å². The third-order valence-corrected chi connectivity index (χ3v) is 3.90. The average molecular weight is 273 g/mol. The van der Waals surface area contributed by atoms with Crippen LogP contribution in [-0.2, 0) is 6.42 Å². The van der Waals surface area contributed by atoms with Crippen molar-refractivity contribution in [1.29, 1.82) is 0 Å². The van der Waals surface area contributed by atoms with E-state index in [1.54, 1.807) is 0 Å². The molecule has 0 saturated carbocycles. The Morgan fingerprint density at radius 1 is 1.00 bits per heavy atom. The fourth-order valence-electron chi connectivity index (χ4n) is 2.79. The van der Waals surface area contributed by atoms with Crippen LogP contribution in [0.5, 0.6) is 0 Å². The van der Waals surface area contributed by atoms with Gasteiger partial charge in [0.15, 0.2) is 5.58 Å². The molecular weight excluding hydrogens is 258 g/mol. The Balaban J connectivity index is 2.04. The number of aromatic nitrogens is 1. The molecule has 4 aromatic rings. The number of fused-ring (bicyclic) bond motifs is 3. The zero-order valence-corrected chi connectivity index (χ0v) is 11.8. The molecule has 2 aromatic heterocycles. The maximum atomic E-state index is 6.05. The Kier molecular flexibility index (Phi) is 2.74. The van der Waals surface area contributed by atoms with Crippen molar-refractivity contribution in [3.63, 3.8) is 0 Å². The lowest BCUT2D eigenvalue weighted by atomic mass is 10.0. The van der Waals surface area contributed by atoms with E-state index in [-0.39, 0.29) is 0 Å². The van der Waals surface area contributed by atoms with Crippen LogP contribution in [0.15, 0.2) is 65.2 Å². The molecule has 0 atom stereocenters. The zero-order chi connectivity index (χ0) is 14.2. The first-order valence-corrected chi connectivity index (χ1v) is 7.22. The summed E-state index contributed by atoms with van der Waals surface area (Å²) in [6, 6.07) is 18.7. The summed E-state index contributed by atoms with van der Waals surface area (Å²) in [6.45, 7) is 2.17. The Morgan fingerprint density at radius 3 is 2.81 bits per heavy atom. The van der Waals surface area contributed by atoms with Gasteiger partial charge in [0.25, 0.3) is 0 Å². The number of para-hydroxylation sites is 1. The molecule has 102 valence electrons. The molecule has 0 aliphatic carbocycles. The van der Waals surface area contributed by atoms with Crippen LogP contribution in [0.4, 0.5) is 0 Å². The van der Waals surface area contributed by atoms with Crippen molar-refractivity contribution in [2.24, 2.45) is 0 Å². The number of nitrogens with zero attached hydrogens (tertiary/aromatic N) is 1. The fourth-order valence-corrected chi connectivity index (χ4v) is 2.79. The number of furan rings is 1. The molecule has 2 heteroatoms. The topological polar surface area (TPSA) is 26.0 Å². The highest BCUT2D eigenvalue weighted by Crippen LogP contribution is 2.34. The van der Waals surface area contributed by atoms with Gasteiger partial charge < -0.3 is 4.42 Å². The highest BCUT2D eigenvalue weighted by Gasteiger charge is 2.12. The van der Waals surface area contributed by atoms with Crippen molar-refractivity contribution >= 4 is 22.1 Å². The summed E-state index contributed by atoms with van der Waals surface area (Å²) >= 11 is 0. The maximum absolute atomic E-state index is 6.05. The van der Waals surface area contributed by atoms with Crippen LogP contribution in [-0.4, -0.2) is 4.98 Å². The van der Waals surface area contributed by atoms with Gasteiger partial charge in [-0.3, -0.25) is 4.98 Å². The Bertz CT molecular complexity index is 937. The van der Waals surface area contributed by atoms with Crippen molar-refractivity contribution in [2.75, 3.05) is 0 Å². The van der Waals surface area contributed by atoms with Crippen LogP contribution < -0.4 is 0 Å². The summed E-state index contributed by atoms with van der Waals surface area (Å²) in [5, 5.41) is 1.07. The van der Waals surface area contributed by atoms with Gasteiger partial charge >= 0.3 is 0 Å². The van der Waals surface area contributed by atoms with Crippen molar-refractivity contribution < 1.29 is 4.42 Å². The molecule has 0 radical (unpaired) electrons. The molecular formula is C19H15NO. The van der Waals surface area contributed by atoms with Crippen molar-refractivity contribution in [1.82, 2.24) is 4.98 Å². The highest BCUT2D eigenvalue weighted by molar-refractivity contribution is 6.07. The van der Waals surface area contributed by atoms with Gasteiger partial charge in [0.1, 0.15) is 11.1 Å². The smallest absolute Gasteiger partial charge is 0.161 e. The van der Waals surface area contributed by atoms with Crippen LogP contribution in [0, 0.1) is 0 Å². The van der Waals surface area contributed by atoms with Crippen LogP contribution in [0.1, 0.15) is 12.5 Å². The number of rotatable bonds is 2. The van der Waals surface area contributed by atoms with E-state index in [1.165, 1.54) is 11.1 Å². The molecule has 0 aliphatic rings. The lowest BCUT2D eigenvalue weighted by molar-refractivity contribution is 0.669. The molecule has 21 heavy (non-hydrogen) atoms. The van der Waals surface area contributed by atoms with Gasteiger partial charge in [-0.25, -0.2) is 0 Å². The third kappa shape index (κ3) is 1.91. The molecule has 0 fully saturated rings. The second kappa shape index (κ2) is 4.74. The molecule has 2 aromatic carbocycles. The SMILES string of the molecule is CCc1cccc(-c2ccnc3c2oc2ccccc23)c1. The standard InChI is InChI=1S/C19H15NO/c1-2-13-6-5-7-14(12-13)15-10-11-20-18-16-8-3-4-9-17(16)21-19(15)18/h3-12H,2H2,1H3. The molecule has 0 amide bonds. The third-order valence-electron chi connectivity index (χ3n) is 3.90. The quantitative estimate of drug-likeness (QED) is 0.501. The van der Waals surface area contributed by atoms with Gasteiger partial charge in [-0.05, 0) is 35.7 Å². The van der Waals surface area contributed by atoms with Gasteiger partial charge in [0, 0.05) is 17.1 Å². The summed E-state index contributed by atoms with van der Waals surface area (Å²) in [7, 11) is 0. The van der Waals surface area contributed by atoms with Gasteiger partial charge in [0.2, 0.25) is 0 Å². The van der Waals surface area contributed by atoms with Crippen LogP contribution >= 0.6 is 0 Å². The van der Waals surface area contributed by atoms with E-state index < -0.39 is 0 Å². The number of benzene rings is 2. The summed E-state index contributed by atoms with van der Waals surface area (Å²) in [5.74, 6) is 0. The van der Waals surface area contributed by atoms with Gasteiger partial charge in [-0.2, -0.15) is 0 Å². The maximum Gasteiger partial charge on any atom is 0.161 e. The van der Waals surface area contributed by atoms with E-state index in [0.29, 0.717) is 0 Å². The summed E-state index contributed by atoms with van der Waals surface area (Å²) in [4.78, 5) is 4.50. The van der Waals surface area contributed by atoms with Gasteiger partial charge in [-0.1, -0.05) is 43.3 Å². The summed E-state index contributed by atoms with van der Waals surface area (Å²) in [5.41, 5.74) is 6.30. The highest BCUT2D eigenvalue weighted by atomic mass is 16.3. The number of hydrogen-bond acceptors (Lipinski definition) is 2. The zero-order valence-electron chi connectivity index (χ0n) is 11.8. The van der Waals surface area contributed by atoms with E-state index in [9.17, 15) is 0 Å². The largest absolute Gasteiger partial charge is 0.454 e. The lowest BCUT2D eigenvalue weighted by Crippen LogP contribution is -1.84. The molecule has 4 rings (SSSR count). The van der Waals surface area contributed by atoms with E-state index in [2.05, 4.69) is 42.2 Å². The molecule has 2 nitrogen and oxygen atoms in total. The number of pyridine rings is 1. The molecule has 0 spiro atoms. The normalized spacial score (nSPS) is 11.3. The Labute approximate surface area is 123 Å². The minimum Gasteiger partial charge on any atom is -0.454 e. The van der Waals surface area contributed by atoms with Gasteiger partial charge in [0.05, 0.1) is 0 Å². The Hall–Kier alpha value is -2.61. The van der Waals surface area contributed by atoms with Gasteiger partial charge in [-0.15, -0.1) is 0 Å². The molecule has 0 aliphatic heterocycles. The average Bonchev–Trinajstić information content (AvgIpc) is 2.93. The van der Waals surface area contributed by atoms with E-state index in [4.69, 9.17) is 4.42 Å². The molecule has 0 N–H and O–H groups in total. The van der Waals surface area contributed by atoms with E-state index in [1.807, 2.05) is 30.5 Å². The summed E-state index contributed by atoms with van der Waals surface area (Å²) < 4.78 is 6.05. The minimum atomic E-state index is 0.868. The monoisotopic (exact) mass is 273 g/mol. The second-order valence-corrected chi connectivity index (χ2v) is 5.19. The minimum absolute atomic E-state index is 0.868. The first-order valence-electron chi connectivity index (χ1n) is 7.22. The molecule has 2 heterocycles. The van der Waals surface area contributed by atoms with Crippen molar-refractivity contribution in [2.45, 2.75) is 13.3 Å². The molecule has 0 bridgehead atoms. The van der Waals surface area contributed by atoms with E-state index >= 15 is 0 Å². The first-order chi connectivity index (χ1) is 10.4. The molecule has 0 unspecified atom stereocenters. The second-order valence-electron chi connectivity index (χ2n) is 5.19. The predicted octanol–water partition coefficient (Wildman–Crippen LogP) is 5.21. The first kappa shape index (κ1) is 12.2. The summed E-state index contributed by atoms with van der Waals surface area (Å²) in [6.07, 6.45) is 2.89. The van der Waals surface area contributed by atoms with Crippen LogP contribution in [0.3, 0.4) is 0 Å². The van der Waals surface area contributed by atoms with Crippen molar-refractivity contribution in [3.8, 4) is 11.1 Å². The number of hydrogen-bond donors (Lipinski definition) is 0. The fraction of sp³-hybridized carbons (Fsp3) is 0.105. The van der Waals surface area contributed by atoms with Crippen LogP contribution in [0.25, 0.3) is 33.2 Å². The number of aryl methyl sites for hydroxylation is 1. The van der Waals surface area contributed by atoms with Crippen molar-refractivity contribution in [3.05, 3.63) is 66.4 Å². The lowest BCUT2D eigenvalue weighted by Gasteiger charge is -2.04. The Morgan fingerprint density at radius 2 is 1.90 bits per heavy atom. The molecule has 0 saturated heterocycles.